The van der Waals surface area contributed by atoms with E-state index in [1.54, 1.807) is 18.2 Å². The largest absolute Gasteiger partial charge is 0.494 e. The molecule has 0 aliphatic carbocycles. The molecule has 1 aromatic rings. The number of amides is 1. The summed E-state index contributed by atoms with van der Waals surface area (Å²) >= 11 is 0. The fourth-order valence-electron chi connectivity index (χ4n) is 2.22. The maximum absolute atomic E-state index is 13.5. The van der Waals surface area contributed by atoms with Crippen molar-refractivity contribution in [2.24, 2.45) is 0 Å². The number of ether oxygens (including phenoxy) is 1. The zero-order chi connectivity index (χ0) is 14.5. The molecule has 0 spiro atoms. The van der Waals surface area contributed by atoms with Gasteiger partial charge >= 0.3 is 0 Å². The molecule has 20 heavy (non-hydrogen) atoms. The third-order valence-corrected chi connectivity index (χ3v) is 3.38. The number of hydrogen-bond acceptors (Lipinski definition) is 3. The Hall–Kier alpha value is -1.88. The molecule has 1 aliphatic rings. The third kappa shape index (κ3) is 3.36. The van der Waals surface area contributed by atoms with Gasteiger partial charge in [-0.3, -0.25) is 4.79 Å². The summed E-state index contributed by atoms with van der Waals surface area (Å²) in [5.41, 5.74) is 0.638. The molecule has 1 heterocycles. The minimum absolute atomic E-state index is 0.0461. The highest BCUT2D eigenvalue weighted by Gasteiger charge is 2.20. The van der Waals surface area contributed by atoms with Crippen molar-refractivity contribution >= 4 is 12.0 Å². The first-order valence-corrected chi connectivity index (χ1v) is 6.64. The second kappa shape index (κ2) is 6.52. The van der Waals surface area contributed by atoms with Gasteiger partial charge in [-0.2, -0.15) is 0 Å². The quantitative estimate of drug-likeness (QED) is 0.855. The minimum Gasteiger partial charge on any atom is -0.494 e. The highest BCUT2D eigenvalue weighted by molar-refractivity contribution is 5.92. The number of nitrogens with zero attached hydrogens (tertiary/aromatic N) is 1. The molecule has 5 heteroatoms. The van der Waals surface area contributed by atoms with Crippen LogP contribution in [0.25, 0.3) is 6.08 Å². The van der Waals surface area contributed by atoms with Crippen molar-refractivity contribution in [1.29, 1.82) is 0 Å². The van der Waals surface area contributed by atoms with E-state index in [0.29, 0.717) is 12.1 Å². The molecule has 1 aromatic carbocycles. The van der Waals surface area contributed by atoms with E-state index < -0.39 is 5.82 Å². The van der Waals surface area contributed by atoms with Crippen molar-refractivity contribution in [3.05, 3.63) is 35.7 Å². The minimum atomic E-state index is -0.433. The Bertz CT molecular complexity index is 517. The lowest BCUT2D eigenvalue weighted by Crippen LogP contribution is -2.51. The number of carbonyl (C=O) groups is 1. The van der Waals surface area contributed by atoms with Gasteiger partial charge in [0, 0.05) is 31.8 Å². The molecule has 1 aliphatic heterocycles. The monoisotopic (exact) mass is 278 g/mol. The Morgan fingerprint density at radius 1 is 1.55 bits per heavy atom. The third-order valence-electron chi connectivity index (χ3n) is 3.38. The van der Waals surface area contributed by atoms with Crippen molar-refractivity contribution in [3.63, 3.8) is 0 Å². The molecular formula is C15H19FN2O2. The van der Waals surface area contributed by atoms with Crippen molar-refractivity contribution in [1.82, 2.24) is 10.2 Å². The van der Waals surface area contributed by atoms with Crippen LogP contribution in [0.5, 0.6) is 5.75 Å². The number of methoxy groups -OCH3 is 1. The van der Waals surface area contributed by atoms with Crippen molar-refractivity contribution < 1.29 is 13.9 Å². The summed E-state index contributed by atoms with van der Waals surface area (Å²) in [6.07, 6.45) is 3.11. The molecule has 1 N–H and O–H groups in total. The van der Waals surface area contributed by atoms with Gasteiger partial charge in [0.15, 0.2) is 11.6 Å². The molecule has 2 rings (SSSR count). The fraction of sp³-hybridized carbons (Fsp3) is 0.400. The standard InChI is InChI=1S/C15H19FN2O2/c1-11-10-17-7-8-18(11)15(19)6-4-12-3-5-14(20-2)13(16)9-12/h3-6,9,11,17H,7-8,10H2,1-2H3. The van der Waals surface area contributed by atoms with Gasteiger partial charge in [0.1, 0.15) is 0 Å². The zero-order valence-electron chi connectivity index (χ0n) is 11.7. The summed E-state index contributed by atoms with van der Waals surface area (Å²) in [7, 11) is 1.42. The van der Waals surface area contributed by atoms with Crippen LogP contribution in [0.4, 0.5) is 4.39 Å². The van der Waals surface area contributed by atoms with E-state index in [1.165, 1.54) is 19.3 Å². The fourth-order valence-corrected chi connectivity index (χ4v) is 2.22. The van der Waals surface area contributed by atoms with Crippen molar-refractivity contribution in [3.8, 4) is 5.75 Å². The topological polar surface area (TPSA) is 41.6 Å². The first-order valence-electron chi connectivity index (χ1n) is 6.64. The van der Waals surface area contributed by atoms with E-state index >= 15 is 0 Å². The van der Waals surface area contributed by atoms with Gasteiger partial charge in [-0.1, -0.05) is 6.07 Å². The molecule has 1 fully saturated rings. The van der Waals surface area contributed by atoms with Crippen LogP contribution in [-0.2, 0) is 4.79 Å². The lowest BCUT2D eigenvalue weighted by molar-refractivity contribution is -0.128. The number of halogens is 1. The van der Waals surface area contributed by atoms with Gasteiger partial charge in [-0.25, -0.2) is 4.39 Å². The predicted molar refractivity (Wildman–Crippen MR) is 76.0 cm³/mol. The normalized spacial score (nSPS) is 19.4. The van der Waals surface area contributed by atoms with Crippen molar-refractivity contribution in [2.45, 2.75) is 13.0 Å². The number of nitrogens with one attached hydrogen (secondary N) is 1. The van der Waals surface area contributed by atoms with Gasteiger partial charge < -0.3 is 15.0 Å². The van der Waals surface area contributed by atoms with E-state index in [4.69, 9.17) is 4.74 Å². The maximum Gasteiger partial charge on any atom is 0.246 e. The number of piperazine rings is 1. The summed E-state index contributed by atoms with van der Waals surface area (Å²) in [6.45, 7) is 4.31. The molecule has 0 aromatic heterocycles. The van der Waals surface area contributed by atoms with Crippen LogP contribution in [0, 0.1) is 5.82 Å². The summed E-state index contributed by atoms with van der Waals surface area (Å²) in [4.78, 5) is 13.9. The van der Waals surface area contributed by atoms with Crippen LogP contribution in [0.15, 0.2) is 24.3 Å². The average molecular weight is 278 g/mol. The molecule has 1 atom stereocenters. The van der Waals surface area contributed by atoms with Crippen LogP contribution in [0.2, 0.25) is 0 Å². The SMILES string of the molecule is COc1ccc(C=CC(=O)N2CCNCC2C)cc1F. The molecule has 1 unspecified atom stereocenters. The summed E-state index contributed by atoms with van der Waals surface area (Å²) < 4.78 is 18.4. The molecular weight excluding hydrogens is 259 g/mol. The highest BCUT2D eigenvalue weighted by Crippen LogP contribution is 2.18. The van der Waals surface area contributed by atoms with Crippen LogP contribution in [0.3, 0.4) is 0 Å². The number of benzene rings is 1. The first-order chi connectivity index (χ1) is 9.61. The smallest absolute Gasteiger partial charge is 0.246 e. The van der Waals surface area contributed by atoms with E-state index in [0.717, 1.165) is 13.1 Å². The molecule has 0 bridgehead atoms. The molecule has 108 valence electrons. The highest BCUT2D eigenvalue weighted by atomic mass is 19.1. The van der Waals surface area contributed by atoms with E-state index in [-0.39, 0.29) is 17.7 Å². The molecule has 0 saturated carbocycles. The Kier molecular flexibility index (Phi) is 4.74. The number of carbonyl (C=O) groups excluding carboxylic acids is 1. The maximum atomic E-state index is 13.5. The number of hydrogen-bond donors (Lipinski definition) is 1. The molecule has 1 saturated heterocycles. The van der Waals surface area contributed by atoms with E-state index in [1.807, 2.05) is 11.8 Å². The Morgan fingerprint density at radius 2 is 2.35 bits per heavy atom. The van der Waals surface area contributed by atoms with Gasteiger partial charge in [-0.05, 0) is 30.7 Å². The van der Waals surface area contributed by atoms with Gasteiger partial charge in [0.2, 0.25) is 5.91 Å². The Morgan fingerprint density at radius 3 is 3.00 bits per heavy atom. The molecule has 0 radical (unpaired) electrons. The predicted octanol–water partition coefficient (Wildman–Crippen LogP) is 1.67. The van der Waals surface area contributed by atoms with Crippen LogP contribution < -0.4 is 10.1 Å². The average Bonchev–Trinajstić information content (AvgIpc) is 2.45. The van der Waals surface area contributed by atoms with E-state index in [2.05, 4.69) is 5.32 Å². The van der Waals surface area contributed by atoms with Crippen molar-refractivity contribution in [2.75, 3.05) is 26.7 Å². The van der Waals surface area contributed by atoms with Crippen LogP contribution in [-0.4, -0.2) is 43.6 Å². The van der Waals surface area contributed by atoms with Gasteiger partial charge in [0.05, 0.1) is 7.11 Å². The summed E-state index contributed by atoms with van der Waals surface area (Å²) in [6, 6.07) is 4.79. The van der Waals surface area contributed by atoms with Crippen LogP contribution >= 0.6 is 0 Å². The Balaban J connectivity index is 2.05. The van der Waals surface area contributed by atoms with Crippen LogP contribution in [0.1, 0.15) is 12.5 Å². The first kappa shape index (κ1) is 14.5. The summed E-state index contributed by atoms with van der Waals surface area (Å²) in [5.74, 6) is -0.280. The lowest BCUT2D eigenvalue weighted by Gasteiger charge is -2.33. The second-order valence-electron chi connectivity index (χ2n) is 4.81. The number of rotatable bonds is 3. The Labute approximate surface area is 118 Å². The molecule has 1 amide bonds. The lowest BCUT2D eigenvalue weighted by atomic mass is 10.1. The second-order valence-corrected chi connectivity index (χ2v) is 4.81. The summed E-state index contributed by atoms with van der Waals surface area (Å²) in [5, 5.41) is 3.23. The molecule has 4 nitrogen and oxygen atoms in total. The van der Waals surface area contributed by atoms with E-state index in [9.17, 15) is 9.18 Å². The van der Waals surface area contributed by atoms with Gasteiger partial charge in [0.25, 0.3) is 0 Å². The van der Waals surface area contributed by atoms with Gasteiger partial charge in [-0.15, -0.1) is 0 Å². The zero-order valence-corrected chi connectivity index (χ0v) is 11.7.